The number of aromatic nitrogens is 3. The number of nitrogens with zero attached hydrogens (tertiary/aromatic N) is 3. The molecule has 0 atom stereocenters. The van der Waals surface area contributed by atoms with Crippen LogP contribution in [-0.2, 0) is 17.8 Å². The molecule has 0 radical (unpaired) electrons. The maximum atomic E-state index is 13.2. The Morgan fingerprint density at radius 2 is 1.88 bits per heavy atom. The highest BCUT2D eigenvalue weighted by atomic mass is 16.5. The van der Waals surface area contributed by atoms with Gasteiger partial charge in [-0.15, -0.1) is 10.2 Å². The standard InChI is InChI=1S/C26H23N3O5/c1-15-28-29-23(34-15)14-33-26(30)24-18-6-4-5-7-20(18)27-25-17(9-10-19(24)25)12-16-8-11-21(31-2)22(13-16)32-3/h4-8,11-13H,9-10,14H2,1-3H3/b17-12+. The molecule has 0 aliphatic heterocycles. The number of aryl methyl sites for hydroxylation is 1. The van der Waals surface area contributed by atoms with E-state index >= 15 is 0 Å². The molecule has 2 aromatic carbocycles. The first-order chi connectivity index (χ1) is 16.6. The van der Waals surface area contributed by atoms with Crippen LogP contribution in [0.15, 0.2) is 46.9 Å². The molecule has 172 valence electrons. The molecule has 0 bridgehead atoms. The fourth-order valence-electron chi connectivity index (χ4n) is 4.25. The predicted octanol–water partition coefficient (Wildman–Crippen LogP) is 4.79. The molecule has 2 aromatic heterocycles. The highest BCUT2D eigenvalue weighted by Crippen LogP contribution is 2.38. The third-order valence-electron chi connectivity index (χ3n) is 5.79. The summed E-state index contributed by atoms with van der Waals surface area (Å²) in [6.45, 7) is 1.60. The SMILES string of the molecule is COc1ccc(/C=C2\CCc3c2nc2ccccc2c3C(=O)OCc2nnc(C)o2)cc1OC. The van der Waals surface area contributed by atoms with Gasteiger partial charge in [0, 0.05) is 12.3 Å². The molecule has 0 fully saturated rings. The fraction of sp³-hybridized carbons (Fsp3) is 0.231. The van der Waals surface area contributed by atoms with Gasteiger partial charge in [0.2, 0.25) is 5.89 Å². The van der Waals surface area contributed by atoms with E-state index in [4.69, 9.17) is 23.6 Å². The van der Waals surface area contributed by atoms with Gasteiger partial charge in [0.25, 0.3) is 5.89 Å². The van der Waals surface area contributed by atoms with Gasteiger partial charge in [0.05, 0.1) is 31.0 Å². The number of hydrogen-bond donors (Lipinski definition) is 0. The third kappa shape index (κ3) is 3.98. The van der Waals surface area contributed by atoms with Crippen LogP contribution in [0.4, 0.5) is 0 Å². The lowest BCUT2D eigenvalue weighted by Gasteiger charge is -2.12. The molecule has 8 heteroatoms. The molecule has 1 aliphatic carbocycles. The van der Waals surface area contributed by atoms with Crippen molar-refractivity contribution in [1.82, 2.24) is 15.2 Å². The van der Waals surface area contributed by atoms with Crippen molar-refractivity contribution in [3.05, 3.63) is 76.6 Å². The number of hydrogen-bond acceptors (Lipinski definition) is 8. The van der Waals surface area contributed by atoms with Crippen LogP contribution in [0, 0.1) is 6.92 Å². The van der Waals surface area contributed by atoms with Crippen molar-refractivity contribution in [2.24, 2.45) is 0 Å². The summed E-state index contributed by atoms with van der Waals surface area (Å²) in [6, 6.07) is 13.4. The average Bonchev–Trinajstić information content (AvgIpc) is 3.46. The minimum Gasteiger partial charge on any atom is -0.493 e. The molecule has 1 aliphatic rings. The molecule has 4 aromatic rings. The normalized spacial score (nSPS) is 13.8. The van der Waals surface area contributed by atoms with Crippen LogP contribution in [0.2, 0.25) is 0 Å². The fourth-order valence-corrected chi connectivity index (χ4v) is 4.25. The van der Waals surface area contributed by atoms with Gasteiger partial charge >= 0.3 is 5.97 Å². The zero-order chi connectivity index (χ0) is 23.7. The summed E-state index contributed by atoms with van der Waals surface area (Å²) >= 11 is 0. The summed E-state index contributed by atoms with van der Waals surface area (Å²) in [5.74, 6) is 1.57. The largest absolute Gasteiger partial charge is 0.493 e. The number of fused-ring (bicyclic) bond motifs is 2. The van der Waals surface area contributed by atoms with Crippen LogP contribution in [-0.4, -0.2) is 35.4 Å². The molecule has 5 rings (SSSR count). The number of allylic oxidation sites excluding steroid dienone is 1. The van der Waals surface area contributed by atoms with Gasteiger partial charge in [0.15, 0.2) is 18.1 Å². The highest BCUT2D eigenvalue weighted by Gasteiger charge is 2.28. The Bertz CT molecular complexity index is 1420. The molecule has 0 unspecified atom stereocenters. The molecule has 0 amide bonds. The van der Waals surface area contributed by atoms with Gasteiger partial charge in [-0.3, -0.25) is 0 Å². The summed E-state index contributed by atoms with van der Waals surface area (Å²) < 4.78 is 21.7. The van der Waals surface area contributed by atoms with E-state index in [-0.39, 0.29) is 12.5 Å². The Balaban J connectivity index is 1.54. The Kier molecular flexibility index (Phi) is 5.71. The lowest BCUT2D eigenvalue weighted by atomic mass is 10.0. The zero-order valence-electron chi connectivity index (χ0n) is 19.1. The summed E-state index contributed by atoms with van der Waals surface area (Å²) in [5.41, 5.74) is 4.99. The summed E-state index contributed by atoms with van der Waals surface area (Å²) in [7, 11) is 3.22. The second-order valence-corrected chi connectivity index (χ2v) is 7.91. The van der Waals surface area contributed by atoms with Crippen LogP contribution in [0.1, 0.15) is 45.4 Å². The number of carbonyl (C=O) groups is 1. The Labute approximate surface area is 196 Å². The highest BCUT2D eigenvalue weighted by molar-refractivity contribution is 6.07. The number of carbonyl (C=O) groups excluding carboxylic acids is 1. The number of ether oxygens (including phenoxy) is 3. The Morgan fingerprint density at radius 3 is 2.65 bits per heavy atom. The first-order valence-corrected chi connectivity index (χ1v) is 10.9. The van der Waals surface area contributed by atoms with Gasteiger partial charge < -0.3 is 18.6 Å². The van der Waals surface area contributed by atoms with Crippen molar-refractivity contribution in [1.29, 1.82) is 0 Å². The van der Waals surface area contributed by atoms with E-state index < -0.39 is 5.97 Å². The molecular weight excluding hydrogens is 434 g/mol. The Hall–Kier alpha value is -4.20. The van der Waals surface area contributed by atoms with Crippen LogP contribution in [0.25, 0.3) is 22.6 Å². The van der Waals surface area contributed by atoms with Crippen LogP contribution in [0.5, 0.6) is 11.5 Å². The van der Waals surface area contributed by atoms with Crippen LogP contribution < -0.4 is 9.47 Å². The predicted molar refractivity (Wildman–Crippen MR) is 126 cm³/mol. The van der Waals surface area contributed by atoms with Crippen molar-refractivity contribution in [3.63, 3.8) is 0 Å². The number of benzene rings is 2. The molecule has 0 saturated heterocycles. The number of esters is 1. The minimum absolute atomic E-state index is 0.0839. The van der Waals surface area contributed by atoms with E-state index in [9.17, 15) is 4.79 Å². The smallest absolute Gasteiger partial charge is 0.339 e. The molecule has 0 N–H and O–H groups in total. The van der Waals surface area contributed by atoms with Crippen molar-refractivity contribution >= 4 is 28.5 Å². The molecule has 34 heavy (non-hydrogen) atoms. The van der Waals surface area contributed by atoms with Gasteiger partial charge in [0.1, 0.15) is 0 Å². The molecule has 0 saturated carbocycles. The number of para-hydroxylation sites is 1. The lowest BCUT2D eigenvalue weighted by molar-refractivity contribution is 0.0438. The van der Waals surface area contributed by atoms with Crippen molar-refractivity contribution in [2.45, 2.75) is 26.4 Å². The third-order valence-corrected chi connectivity index (χ3v) is 5.79. The van der Waals surface area contributed by atoms with Crippen molar-refractivity contribution < 1.29 is 23.4 Å². The van der Waals surface area contributed by atoms with E-state index in [0.717, 1.165) is 39.7 Å². The van der Waals surface area contributed by atoms with Crippen LogP contribution >= 0.6 is 0 Å². The minimum atomic E-state index is -0.432. The van der Waals surface area contributed by atoms with E-state index in [1.165, 1.54) is 0 Å². The van der Waals surface area contributed by atoms with E-state index in [1.54, 1.807) is 21.1 Å². The first kappa shape index (κ1) is 21.6. The Morgan fingerprint density at radius 1 is 1.06 bits per heavy atom. The topological polar surface area (TPSA) is 96.6 Å². The van der Waals surface area contributed by atoms with E-state index in [0.29, 0.717) is 29.4 Å². The second-order valence-electron chi connectivity index (χ2n) is 7.91. The van der Waals surface area contributed by atoms with Crippen LogP contribution in [0.3, 0.4) is 0 Å². The van der Waals surface area contributed by atoms with Crippen molar-refractivity contribution in [2.75, 3.05) is 14.2 Å². The maximum Gasteiger partial charge on any atom is 0.339 e. The molecule has 8 nitrogen and oxygen atoms in total. The monoisotopic (exact) mass is 457 g/mol. The van der Waals surface area contributed by atoms with E-state index in [2.05, 4.69) is 16.3 Å². The van der Waals surface area contributed by atoms with Gasteiger partial charge in [-0.2, -0.15) is 0 Å². The quantitative estimate of drug-likeness (QED) is 0.382. The molecule has 0 spiro atoms. The number of pyridine rings is 1. The van der Waals surface area contributed by atoms with Gasteiger partial charge in [-0.05, 0) is 53.8 Å². The van der Waals surface area contributed by atoms with Gasteiger partial charge in [-0.25, -0.2) is 9.78 Å². The number of rotatable bonds is 6. The second kappa shape index (κ2) is 8.97. The first-order valence-electron chi connectivity index (χ1n) is 10.9. The summed E-state index contributed by atoms with van der Waals surface area (Å²) in [5, 5.41) is 8.44. The average molecular weight is 457 g/mol. The molecular formula is C26H23N3O5. The summed E-state index contributed by atoms with van der Waals surface area (Å²) in [6.07, 6.45) is 3.53. The maximum absolute atomic E-state index is 13.2. The zero-order valence-corrected chi connectivity index (χ0v) is 19.1. The summed E-state index contributed by atoms with van der Waals surface area (Å²) in [4.78, 5) is 18.1. The van der Waals surface area contributed by atoms with Gasteiger partial charge in [-0.1, -0.05) is 24.3 Å². The lowest BCUT2D eigenvalue weighted by Crippen LogP contribution is -2.10. The molecule has 2 heterocycles. The van der Waals surface area contributed by atoms with E-state index in [1.807, 2.05) is 42.5 Å². The van der Waals surface area contributed by atoms with Crippen molar-refractivity contribution in [3.8, 4) is 11.5 Å². The number of methoxy groups -OCH3 is 2.